The summed E-state index contributed by atoms with van der Waals surface area (Å²) in [6.07, 6.45) is 0. The minimum atomic E-state index is -0.166. The van der Waals surface area contributed by atoms with Crippen molar-refractivity contribution in [3.63, 3.8) is 0 Å². The smallest absolute Gasteiger partial charge is 0.261 e. The zero-order chi connectivity index (χ0) is 21.1. The van der Waals surface area contributed by atoms with Gasteiger partial charge in [0.2, 0.25) is 5.91 Å². The highest BCUT2D eigenvalue weighted by atomic mass is 35.5. The summed E-state index contributed by atoms with van der Waals surface area (Å²) in [5.74, 6) is -0.272. The lowest BCUT2D eigenvalue weighted by molar-refractivity contribution is -0.123. The van der Waals surface area contributed by atoms with Crippen molar-refractivity contribution in [3.05, 3.63) is 50.4 Å². The summed E-state index contributed by atoms with van der Waals surface area (Å²) in [5.41, 5.74) is 1.75. The Morgan fingerprint density at radius 1 is 1.17 bits per heavy atom. The second kappa shape index (κ2) is 9.15. The van der Waals surface area contributed by atoms with E-state index < -0.39 is 0 Å². The molecule has 0 aliphatic carbocycles. The van der Waals surface area contributed by atoms with Crippen LogP contribution in [-0.4, -0.2) is 34.7 Å². The molecule has 0 saturated heterocycles. The maximum atomic E-state index is 12.5. The van der Waals surface area contributed by atoms with Crippen molar-refractivity contribution in [1.29, 1.82) is 0 Å². The molecule has 2 aromatic heterocycles. The van der Waals surface area contributed by atoms with Gasteiger partial charge in [-0.15, -0.1) is 11.3 Å². The van der Waals surface area contributed by atoms with Crippen molar-refractivity contribution in [2.45, 2.75) is 27.3 Å². The Morgan fingerprint density at radius 3 is 2.59 bits per heavy atom. The molecule has 0 atom stereocenters. The summed E-state index contributed by atoms with van der Waals surface area (Å²) in [5, 5.41) is 12.3. The predicted octanol–water partition coefficient (Wildman–Crippen LogP) is 4.26. The van der Waals surface area contributed by atoms with E-state index in [4.69, 9.17) is 23.2 Å². The van der Waals surface area contributed by atoms with Crippen LogP contribution in [0.1, 0.15) is 34.8 Å². The topological polar surface area (TPSA) is 76.0 Å². The molecule has 154 valence electrons. The molecular weight excluding hydrogens is 431 g/mol. The van der Waals surface area contributed by atoms with E-state index in [2.05, 4.69) is 15.7 Å². The van der Waals surface area contributed by atoms with Gasteiger partial charge in [0, 0.05) is 34.4 Å². The lowest BCUT2D eigenvalue weighted by Crippen LogP contribution is -2.36. The van der Waals surface area contributed by atoms with Gasteiger partial charge in [-0.05, 0) is 30.7 Å². The molecule has 9 heteroatoms. The number of carbonyl (C=O) groups excluding carboxylic acids is 2. The summed E-state index contributed by atoms with van der Waals surface area (Å²) < 4.78 is 1.85. The summed E-state index contributed by atoms with van der Waals surface area (Å²) in [6.45, 7) is 6.83. The number of aryl methyl sites for hydroxylation is 1. The first-order valence-electron chi connectivity index (χ1n) is 9.23. The fraction of sp³-hybridized carbons (Fsp3) is 0.350. The van der Waals surface area contributed by atoms with Gasteiger partial charge in [-0.3, -0.25) is 14.3 Å². The lowest BCUT2D eigenvalue weighted by Gasteiger charge is -2.08. The van der Waals surface area contributed by atoms with Crippen molar-refractivity contribution < 1.29 is 9.59 Å². The Kier molecular flexibility index (Phi) is 6.82. The van der Waals surface area contributed by atoms with E-state index in [1.807, 2.05) is 37.6 Å². The third-order valence-corrected chi connectivity index (χ3v) is 6.13. The molecule has 0 unspecified atom stereocenters. The van der Waals surface area contributed by atoms with Crippen molar-refractivity contribution in [3.8, 4) is 0 Å². The summed E-state index contributed by atoms with van der Waals surface area (Å²) in [4.78, 5) is 25.6. The Morgan fingerprint density at radius 2 is 1.90 bits per heavy atom. The lowest BCUT2D eigenvalue weighted by atomic mass is 10.2. The average molecular weight is 453 g/mol. The maximum absolute atomic E-state index is 12.5. The molecule has 2 N–H and O–H groups in total. The van der Waals surface area contributed by atoms with Crippen LogP contribution < -0.4 is 10.6 Å². The second-order valence-electron chi connectivity index (χ2n) is 7.01. The minimum Gasteiger partial charge on any atom is -0.354 e. The van der Waals surface area contributed by atoms with Crippen molar-refractivity contribution in [2.24, 2.45) is 5.92 Å². The molecule has 0 saturated carbocycles. The highest BCUT2D eigenvalue weighted by Gasteiger charge is 2.17. The number of fused-ring (bicyclic) bond motifs is 1. The Hall–Kier alpha value is -2.09. The largest absolute Gasteiger partial charge is 0.354 e. The summed E-state index contributed by atoms with van der Waals surface area (Å²) >= 11 is 13.6. The van der Waals surface area contributed by atoms with Crippen LogP contribution in [0.15, 0.2) is 24.3 Å². The molecule has 0 aliphatic rings. The highest BCUT2D eigenvalue weighted by molar-refractivity contribution is 7.20. The summed E-state index contributed by atoms with van der Waals surface area (Å²) in [6, 6.07) is 7.23. The van der Waals surface area contributed by atoms with E-state index >= 15 is 0 Å². The van der Waals surface area contributed by atoms with Gasteiger partial charge in [0.05, 0.1) is 17.1 Å². The fourth-order valence-corrected chi connectivity index (χ4v) is 4.34. The molecule has 29 heavy (non-hydrogen) atoms. The Labute approximate surface area is 183 Å². The molecule has 1 aromatic carbocycles. The van der Waals surface area contributed by atoms with Gasteiger partial charge >= 0.3 is 0 Å². The molecule has 0 radical (unpaired) electrons. The van der Waals surface area contributed by atoms with Crippen LogP contribution in [0.3, 0.4) is 0 Å². The van der Waals surface area contributed by atoms with E-state index in [9.17, 15) is 9.59 Å². The van der Waals surface area contributed by atoms with Crippen LogP contribution >= 0.6 is 34.5 Å². The molecule has 0 spiro atoms. The van der Waals surface area contributed by atoms with Crippen LogP contribution in [0.5, 0.6) is 0 Å². The minimum absolute atomic E-state index is 0.0299. The van der Waals surface area contributed by atoms with E-state index in [0.717, 1.165) is 21.5 Å². The number of nitrogens with one attached hydrogen (secondary N) is 2. The van der Waals surface area contributed by atoms with Gasteiger partial charge in [-0.1, -0.05) is 43.1 Å². The van der Waals surface area contributed by atoms with E-state index in [1.165, 1.54) is 11.3 Å². The van der Waals surface area contributed by atoms with Crippen LogP contribution in [0, 0.1) is 12.8 Å². The molecule has 0 aliphatic heterocycles. The van der Waals surface area contributed by atoms with Crippen molar-refractivity contribution in [2.75, 3.05) is 13.1 Å². The first kappa shape index (κ1) is 21.6. The number of nitrogens with zero attached hydrogens (tertiary/aromatic N) is 2. The number of rotatable bonds is 7. The molecule has 2 amide bonds. The average Bonchev–Trinajstić information content (AvgIpc) is 3.22. The number of benzene rings is 1. The highest BCUT2D eigenvalue weighted by Crippen LogP contribution is 2.30. The van der Waals surface area contributed by atoms with Gasteiger partial charge in [-0.2, -0.15) is 5.10 Å². The Bertz CT molecular complexity index is 1060. The third-order valence-electron chi connectivity index (χ3n) is 4.40. The number of aromatic nitrogens is 2. The number of amides is 2. The van der Waals surface area contributed by atoms with Gasteiger partial charge in [0.25, 0.3) is 5.91 Å². The summed E-state index contributed by atoms with van der Waals surface area (Å²) in [7, 11) is 0. The number of thiophene rings is 1. The van der Waals surface area contributed by atoms with E-state index in [1.54, 1.807) is 12.1 Å². The first-order chi connectivity index (χ1) is 13.8. The quantitative estimate of drug-likeness (QED) is 0.525. The van der Waals surface area contributed by atoms with E-state index in [0.29, 0.717) is 34.6 Å². The monoisotopic (exact) mass is 452 g/mol. The zero-order valence-corrected chi connectivity index (χ0v) is 18.7. The molecule has 3 aromatic rings. The molecule has 2 heterocycles. The number of hydrogen-bond acceptors (Lipinski definition) is 4. The SMILES string of the molecule is Cc1nn(Cc2ccc(Cl)cc2Cl)c2sc(C(=O)NCCNC(=O)C(C)C)cc12. The van der Waals surface area contributed by atoms with Crippen LogP contribution in [0.25, 0.3) is 10.2 Å². The number of hydrogen-bond donors (Lipinski definition) is 2. The molecule has 3 rings (SSSR count). The molecule has 0 fully saturated rings. The van der Waals surface area contributed by atoms with Gasteiger partial charge < -0.3 is 10.6 Å². The zero-order valence-electron chi connectivity index (χ0n) is 16.4. The number of halogens is 2. The standard InChI is InChI=1S/C20H22Cl2N4O2S/c1-11(2)18(27)23-6-7-24-19(28)17-9-15-12(3)25-26(20(15)29-17)10-13-4-5-14(21)8-16(13)22/h4-5,8-9,11H,6-7,10H2,1-3H3,(H,23,27)(H,24,28). The Balaban J connectivity index is 1.70. The van der Waals surface area contributed by atoms with Crippen molar-refractivity contribution in [1.82, 2.24) is 20.4 Å². The normalized spacial score (nSPS) is 11.2. The maximum Gasteiger partial charge on any atom is 0.261 e. The van der Waals surface area contributed by atoms with Crippen LogP contribution in [-0.2, 0) is 11.3 Å². The first-order valence-corrected chi connectivity index (χ1v) is 10.8. The third kappa shape index (κ3) is 5.10. The van der Waals surface area contributed by atoms with E-state index in [-0.39, 0.29) is 17.7 Å². The second-order valence-corrected chi connectivity index (χ2v) is 8.88. The predicted molar refractivity (Wildman–Crippen MR) is 118 cm³/mol. The fourth-order valence-electron chi connectivity index (χ4n) is 2.80. The van der Waals surface area contributed by atoms with Gasteiger partial charge in [0.1, 0.15) is 4.83 Å². The number of carbonyl (C=O) groups is 2. The molecular formula is C20H22Cl2N4O2S. The van der Waals surface area contributed by atoms with Crippen molar-refractivity contribution >= 4 is 56.6 Å². The molecule has 6 nitrogen and oxygen atoms in total. The van der Waals surface area contributed by atoms with Crippen LogP contribution in [0.4, 0.5) is 0 Å². The van der Waals surface area contributed by atoms with Gasteiger partial charge in [0.15, 0.2) is 0 Å². The van der Waals surface area contributed by atoms with Crippen LogP contribution in [0.2, 0.25) is 10.0 Å². The molecule has 0 bridgehead atoms. The van der Waals surface area contributed by atoms with Gasteiger partial charge in [-0.25, -0.2) is 0 Å².